The molecular weight excluding hydrogens is 769 g/mol. The predicted octanol–water partition coefficient (Wildman–Crippen LogP) is 5.03. The van der Waals surface area contributed by atoms with Crippen LogP contribution in [0.4, 0.5) is 11.4 Å². The number of rotatable bonds is 11. The molecule has 15 heteroatoms. The number of aryl methyl sites for hydroxylation is 1. The third-order valence-electron chi connectivity index (χ3n) is 12.9. The molecule has 59 heavy (non-hydrogen) atoms. The zero-order valence-corrected chi connectivity index (χ0v) is 34.4. The van der Waals surface area contributed by atoms with E-state index in [9.17, 15) is 29.1 Å². The Labute approximate surface area is 346 Å². The van der Waals surface area contributed by atoms with Crippen LogP contribution in [0.2, 0.25) is 0 Å². The zero-order valence-electron chi connectivity index (χ0n) is 33.6. The molecule has 4 aliphatic heterocycles. The summed E-state index contributed by atoms with van der Waals surface area (Å²) in [7, 11) is 0. The summed E-state index contributed by atoms with van der Waals surface area (Å²) >= 11 is 1.68. The van der Waals surface area contributed by atoms with Crippen LogP contribution in [0.15, 0.2) is 48.5 Å². The van der Waals surface area contributed by atoms with E-state index in [1.54, 1.807) is 49.4 Å². The largest absolute Gasteiger partial charge is 0.386 e. The average Bonchev–Trinajstić information content (AvgIpc) is 3.97. The van der Waals surface area contributed by atoms with Crippen molar-refractivity contribution in [1.82, 2.24) is 30.0 Å². The van der Waals surface area contributed by atoms with Crippen LogP contribution in [0.5, 0.6) is 0 Å². The molecule has 5 amide bonds. The fourth-order valence-electron chi connectivity index (χ4n) is 9.88. The van der Waals surface area contributed by atoms with Crippen LogP contribution in [0.3, 0.4) is 0 Å². The molecule has 308 valence electrons. The van der Waals surface area contributed by atoms with E-state index in [1.165, 1.54) is 0 Å². The van der Waals surface area contributed by atoms with Gasteiger partial charge in [0.25, 0.3) is 17.7 Å². The summed E-state index contributed by atoms with van der Waals surface area (Å²) in [6.07, 6.45) is 5.87. The molecule has 4 aromatic rings. The summed E-state index contributed by atoms with van der Waals surface area (Å²) in [5.41, 5.74) is 3.11. The molecule has 2 aromatic carbocycles. The standard InChI is InChI=1S/C44H50N8O6S/c1-24-6-4-9-32(46-24)39(54)47-33-20-36-34(19-30(33)44(2,3)58)48-41(59-36)26-12-10-25(11-13-26)21-51-23-27-18-28(51)22-50(27)17-16-45-31-8-5-7-29-38(31)43(57)52(42(29)56)35-14-15-37(53)49-40(35)55/h4-9,19-20,25-28,35,45,58H,10-18,21-23H2,1-3H3,(H,47,54)(H,49,53,55)/t25-,26-,27-,28-,35?/m0/s1. The van der Waals surface area contributed by atoms with E-state index in [4.69, 9.17) is 4.98 Å². The van der Waals surface area contributed by atoms with Gasteiger partial charge in [0.05, 0.1) is 32.0 Å². The monoisotopic (exact) mass is 818 g/mol. The van der Waals surface area contributed by atoms with Crippen molar-refractivity contribution >= 4 is 62.5 Å². The summed E-state index contributed by atoms with van der Waals surface area (Å²) in [6, 6.07) is 14.4. The lowest BCUT2D eigenvalue weighted by molar-refractivity contribution is -0.136. The summed E-state index contributed by atoms with van der Waals surface area (Å²) in [4.78, 5) is 79.7. The van der Waals surface area contributed by atoms with Crippen LogP contribution >= 0.6 is 11.3 Å². The van der Waals surface area contributed by atoms with Crippen molar-refractivity contribution in [3.8, 4) is 0 Å². The minimum atomic E-state index is -1.18. The number of hydrogen-bond acceptors (Lipinski definition) is 12. The molecule has 0 spiro atoms. The first-order valence-corrected chi connectivity index (χ1v) is 21.6. The van der Waals surface area contributed by atoms with E-state index in [-0.39, 0.29) is 24.3 Å². The minimum Gasteiger partial charge on any atom is -0.386 e. The van der Waals surface area contributed by atoms with Crippen molar-refractivity contribution in [3.63, 3.8) is 0 Å². The molecule has 6 heterocycles. The fourth-order valence-corrected chi connectivity index (χ4v) is 11.0. The molecule has 3 atom stereocenters. The number of anilines is 2. The number of piperidine rings is 1. The number of fused-ring (bicyclic) bond motifs is 4. The third kappa shape index (κ3) is 7.65. The highest BCUT2D eigenvalue weighted by Gasteiger charge is 2.46. The van der Waals surface area contributed by atoms with E-state index in [1.807, 2.05) is 31.2 Å². The fraction of sp³-hybridized carbons (Fsp3) is 0.477. The van der Waals surface area contributed by atoms with Crippen LogP contribution < -0.4 is 16.0 Å². The van der Waals surface area contributed by atoms with E-state index >= 15 is 0 Å². The van der Waals surface area contributed by atoms with Crippen molar-refractivity contribution < 1.29 is 29.1 Å². The smallest absolute Gasteiger partial charge is 0.274 e. The number of aromatic nitrogens is 2. The molecule has 4 N–H and O–H groups in total. The number of likely N-dealkylation sites (tertiary alicyclic amines) is 2. The van der Waals surface area contributed by atoms with Crippen molar-refractivity contribution in [2.24, 2.45) is 5.92 Å². The predicted molar refractivity (Wildman–Crippen MR) is 223 cm³/mol. The Bertz CT molecular complexity index is 2370. The Morgan fingerprint density at radius 2 is 1.69 bits per heavy atom. The summed E-state index contributed by atoms with van der Waals surface area (Å²) in [6.45, 7) is 9.91. The normalized spacial score (nSPS) is 24.9. The lowest BCUT2D eigenvalue weighted by Crippen LogP contribution is -2.54. The Balaban J connectivity index is 0.764. The Hall–Kier alpha value is -5.09. The van der Waals surface area contributed by atoms with Crippen LogP contribution in [0, 0.1) is 12.8 Å². The number of pyridine rings is 1. The second kappa shape index (κ2) is 15.5. The maximum Gasteiger partial charge on any atom is 0.274 e. The molecule has 14 nitrogen and oxygen atoms in total. The van der Waals surface area contributed by atoms with Crippen molar-refractivity contribution in [2.75, 3.05) is 43.4 Å². The van der Waals surface area contributed by atoms with Crippen molar-refractivity contribution in [3.05, 3.63) is 81.6 Å². The number of thiazole rings is 1. The molecule has 1 unspecified atom stereocenters. The Kier molecular flexibility index (Phi) is 10.3. The SMILES string of the molecule is Cc1cccc(C(=O)Nc2cc3sc([C@H]4CC[C@H](CN5C[C@@H]6C[C@H]5CN6CCNc5cccc6c5C(=O)N(C5CCC(=O)NC5=O)C6=O)CC4)nc3cc2C(C)(C)O)n1. The van der Waals surface area contributed by atoms with Gasteiger partial charge in [-0.15, -0.1) is 11.3 Å². The van der Waals surface area contributed by atoms with Gasteiger partial charge in [-0.25, -0.2) is 9.97 Å². The van der Waals surface area contributed by atoms with Gasteiger partial charge in [0.1, 0.15) is 11.7 Å². The number of hydrogen-bond donors (Lipinski definition) is 4. The van der Waals surface area contributed by atoms with Gasteiger partial charge in [-0.2, -0.15) is 0 Å². The number of nitrogens with zero attached hydrogens (tertiary/aromatic N) is 5. The topological polar surface area (TPSA) is 177 Å². The Morgan fingerprint density at radius 3 is 2.42 bits per heavy atom. The molecule has 4 fully saturated rings. The first-order chi connectivity index (χ1) is 28.3. The highest BCUT2D eigenvalue weighted by atomic mass is 32.1. The first-order valence-electron chi connectivity index (χ1n) is 20.8. The first kappa shape index (κ1) is 39.4. The minimum absolute atomic E-state index is 0.0870. The number of amides is 5. The molecule has 2 aromatic heterocycles. The van der Waals surface area contributed by atoms with Gasteiger partial charge in [0.2, 0.25) is 11.8 Å². The highest BCUT2D eigenvalue weighted by molar-refractivity contribution is 7.18. The second-order valence-electron chi connectivity index (χ2n) is 17.4. The summed E-state index contributed by atoms with van der Waals surface area (Å²) in [5, 5.41) is 20.8. The molecule has 3 saturated heterocycles. The van der Waals surface area contributed by atoms with Gasteiger partial charge in [-0.05, 0) is 102 Å². The number of nitrogens with one attached hydrogen (secondary N) is 3. The molecule has 2 bridgehead atoms. The molecule has 0 radical (unpaired) electrons. The van der Waals surface area contributed by atoms with Crippen LogP contribution in [0.25, 0.3) is 10.2 Å². The van der Waals surface area contributed by atoms with Crippen LogP contribution in [-0.2, 0) is 15.2 Å². The quantitative estimate of drug-likeness (QED) is 0.150. The maximum atomic E-state index is 13.5. The molecule has 1 saturated carbocycles. The number of benzene rings is 2. The number of piperazine rings is 1. The zero-order chi connectivity index (χ0) is 41.2. The lowest BCUT2D eigenvalue weighted by atomic mass is 9.82. The van der Waals surface area contributed by atoms with E-state index in [2.05, 4.69) is 30.7 Å². The Morgan fingerprint density at radius 1 is 0.932 bits per heavy atom. The lowest BCUT2D eigenvalue weighted by Gasteiger charge is -2.37. The number of aliphatic hydroxyl groups is 1. The van der Waals surface area contributed by atoms with E-state index < -0.39 is 35.3 Å². The average molecular weight is 819 g/mol. The van der Waals surface area contributed by atoms with Crippen molar-refractivity contribution in [1.29, 1.82) is 0 Å². The van der Waals surface area contributed by atoms with E-state index in [0.717, 1.165) is 84.1 Å². The van der Waals surface area contributed by atoms with Gasteiger partial charge in [0, 0.05) is 79.8 Å². The van der Waals surface area contributed by atoms with Gasteiger partial charge in [-0.3, -0.25) is 44.0 Å². The number of carbonyl (C=O) groups excluding carboxylic acids is 5. The van der Waals surface area contributed by atoms with Gasteiger partial charge in [0.15, 0.2) is 0 Å². The number of imide groups is 2. The molecule has 9 rings (SSSR count). The summed E-state index contributed by atoms with van der Waals surface area (Å²) < 4.78 is 0.989. The van der Waals surface area contributed by atoms with Gasteiger partial charge >= 0.3 is 0 Å². The maximum absolute atomic E-state index is 13.5. The van der Waals surface area contributed by atoms with Crippen LogP contribution in [-0.4, -0.2) is 110 Å². The van der Waals surface area contributed by atoms with E-state index in [0.29, 0.717) is 58.7 Å². The molecule has 1 aliphatic carbocycles. The second-order valence-corrected chi connectivity index (χ2v) is 18.5. The third-order valence-corrected chi connectivity index (χ3v) is 14.1. The summed E-state index contributed by atoms with van der Waals surface area (Å²) in [5.74, 6) is -1.28. The number of carbonyl (C=O) groups is 5. The van der Waals surface area contributed by atoms with Gasteiger partial charge < -0.3 is 15.7 Å². The molecular formula is C44H50N8O6S. The highest BCUT2D eigenvalue weighted by Crippen LogP contribution is 2.42. The van der Waals surface area contributed by atoms with Crippen LogP contribution in [0.1, 0.15) is 112 Å². The van der Waals surface area contributed by atoms with Gasteiger partial charge in [-0.1, -0.05) is 12.1 Å². The molecule has 5 aliphatic rings. The van der Waals surface area contributed by atoms with Crippen molar-refractivity contribution in [2.45, 2.75) is 95.4 Å².